The Labute approximate surface area is 143 Å². The Balaban J connectivity index is 2.79. The molecule has 0 atom stereocenters. The third-order valence-electron chi connectivity index (χ3n) is 3.72. The van der Waals surface area contributed by atoms with E-state index in [-0.39, 0.29) is 0 Å². The van der Waals surface area contributed by atoms with Crippen molar-refractivity contribution in [2.75, 3.05) is 19.8 Å². The van der Waals surface area contributed by atoms with Gasteiger partial charge in [-0.1, -0.05) is 70.4 Å². The van der Waals surface area contributed by atoms with Crippen LogP contribution in [0.1, 0.15) is 64.9 Å². The number of hydrogen-bond acceptors (Lipinski definition) is 3. The van der Waals surface area contributed by atoms with E-state index < -0.39 is 8.80 Å². The van der Waals surface area contributed by atoms with Crippen molar-refractivity contribution in [3.63, 3.8) is 0 Å². The van der Waals surface area contributed by atoms with Crippen LogP contribution in [0.15, 0.2) is 30.3 Å². The van der Waals surface area contributed by atoms with Gasteiger partial charge in [0.05, 0.1) is 0 Å². The zero-order valence-corrected chi connectivity index (χ0v) is 16.2. The molecule has 1 aromatic rings. The zero-order chi connectivity index (χ0) is 16.8. The third kappa shape index (κ3) is 8.65. The third-order valence-corrected chi connectivity index (χ3v) is 6.50. The van der Waals surface area contributed by atoms with E-state index in [1.54, 1.807) is 0 Å². The summed E-state index contributed by atoms with van der Waals surface area (Å²) in [6.45, 7) is 8.73. The first-order chi connectivity index (χ1) is 11.3. The van der Waals surface area contributed by atoms with E-state index in [9.17, 15) is 0 Å². The number of benzene rings is 1. The molecule has 0 heterocycles. The smallest absolute Gasteiger partial charge is 0.373 e. The van der Waals surface area contributed by atoms with Gasteiger partial charge >= 0.3 is 8.80 Å². The minimum absolute atomic E-state index is 0.730. The van der Waals surface area contributed by atoms with Crippen molar-refractivity contribution in [1.29, 1.82) is 0 Å². The fourth-order valence-corrected chi connectivity index (χ4v) is 4.90. The molecule has 1 rings (SSSR count). The van der Waals surface area contributed by atoms with Crippen molar-refractivity contribution < 1.29 is 13.3 Å². The van der Waals surface area contributed by atoms with Gasteiger partial charge in [0.2, 0.25) is 0 Å². The average molecular weight is 339 g/mol. The van der Waals surface area contributed by atoms with Gasteiger partial charge in [-0.15, -0.1) is 0 Å². The van der Waals surface area contributed by atoms with Gasteiger partial charge in [0.25, 0.3) is 0 Å². The highest BCUT2D eigenvalue weighted by atomic mass is 28.4. The molecule has 0 fully saturated rings. The van der Waals surface area contributed by atoms with Crippen LogP contribution in [0.3, 0.4) is 0 Å². The van der Waals surface area contributed by atoms with Gasteiger partial charge in [-0.3, -0.25) is 0 Å². The first kappa shape index (κ1) is 20.4. The van der Waals surface area contributed by atoms with E-state index >= 15 is 0 Å². The second kappa shape index (κ2) is 12.7. The second-order valence-electron chi connectivity index (χ2n) is 5.95. The second-order valence-corrected chi connectivity index (χ2v) is 8.54. The summed E-state index contributed by atoms with van der Waals surface area (Å²) in [5, 5.41) is 0. The minimum atomic E-state index is -2.65. The first-order valence-electron chi connectivity index (χ1n) is 9.22. The van der Waals surface area contributed by atoms with Crippen LogP contribution in [0.2, 0.25) is 0 Å². The molecular weight excluding hydrogens is 304 g/mol. The molecule has 0 radical (unpaired) electrons. The monoisotopic (exact) mass is 338 g/mol. The van der Waals surface area contributed by atoms with Gasteiger partial charge in [0, 0.05) is 25.9 Å². The maximum Gasteiger partial charge on any atom is 0.505 e. The van der Waals surface area contributed by atoms with Crippen LogP contribution in [0.5, 0.6) is 0 Å². The highest BCUT2D eigenvalue weighted by molar-refractivity contribution is 6.60. The van der Waals surface area contributed by atoms with E-state index in [1.165, 1.54) is 5.56 Å². The lowest BCUT2D eigenvalue weighted by atomic mass is 10.2. The standard InChI is InChI=1S/C19H34O3Si/c1-4-7-15-20-23(21-16-8-5-2,22-17-9-6-3)18-19-13-11-10-12-14-19/h10-14H,4-9,15-18H2,1-3H3. The summed E-state index contributed by atoms with van der Waals surface area (Å²) in [6.07, 6.45) is 6.53. The van der Waals surface area contributed by atoms with E-state index in [0.717, 1.165) is 64.4 Å². The number of hydrogen-bond donors (Lipinski definition) is 0. The Morgan fingerprint density at radius 2 is 1.13 bits per heavy atom. The maximum absolute atomic E-state index is 6.26. The van der Waals surface area contributed by atoms with Crippen LogP contribution < -0.4 is 0 Å². The Hall–Kier alpha value is -0.683. The predicted octanol–water partition coefficient (Wildman–Crippen LogP) is 5.16. The largest absolute Gasteiger partial charge is 0.505 e. The molecule has 0 aromatic heterocycles. The van der Waals surface area contributed by atoms with Gasteiger partial charge in [-0.2, -0.15) is 0 Å². The quantitative estimate of drug-likeness (QED) is 0.346. The summed E-state index contributed by atoms with van der Waals surface area (Å²) in [7, 11) is -2.65. The van der Waals surface area contributed by atoms with Crippen molar-refractivity contribution >= 4 is 8.80 Å². The number of unbranched alkanes of at least 4 members (excludes halogenated alkanes) is 3. The van der Waals surface area contributed by atoms with Gasteiger partial charge in [0.1, 0.15) is 0 Å². The Bertz CT molecular complexity index is 357. The summed E-state index contributed by atoms with van der Waals surface area (Å²) in [5.41, 5.74) is 1.24. The van der Waals surface area contributed by atoms with Gasteiger partial charge in [0.15, 0.2) is 0 Å². The first-order valence-corrected chi connectivity index (χ1v) is 11.1. The minimum Gasteiger partial charge on any atom is -0.373 e. The summed E-state index contributed by atoms with van der Waals surface area (Å²) >= 11 is 0. The summed E-state index contributed by atoms with van der Waals surface area (Å²) < 4.78 is 18.8. The SMILES string of the molecule is CCCCO[Si](Cc1ccccc1)(OCCCC)OCCCC. The van der Waals surface area contributed by atoms with E-state index in [0.29, 0.717) is 0 Å². The van der Waals surface area contributed by atoms with Crippen molar-refractivity contribution in [1.82, 2.24) is 0 Å². The molecule has 23 heavy (non-hydrogen) atoms. The van der Waals surface area contributed by atoms with Crippen LogP contribution in [0.25, 0.3) is 0 Å². The molecule has 0 saturated heterocycles. The van der Waals surface area contributed by atoms with E-state index in [4.69, 9.17) is 13.3 Å². The molecule has 0 aliphatic carbocycles. The molecule has 3 nitrogen and oxygen atoms in total. The Morgan fingerprint density at radius 3 is 1.52 bits per heavy atom. The molecule has 0 unspecified atom stereocenters. The van der Waals surface area contributed by atoms with Crippen molar-refractivity contribution in [3.8, 4) is 0 Å². The van der Waals surface area contributed by atoms with Crippen molar-refractivity contribution in [2.24, 2.45) is 0 Å². The zero-order valence-electron chi connectivity index (χ0n) is 15.2. The van der Waals surface area contributed by atoms with E-state index in [2.05, 4.69) is 45.0 Å². The molecule has 0 aliphatic rings. The topological polar surface area (TPSA) is 27.7 Å². The number of rotatable bonds is 14. The normalized spacial score (nSPS) is 11.8. The Kier molecular flexibility index (Phi) is 11.2. The molecule has 0 aliphatic heterocycles. The van der Waals surface area contributed by atoms with Crippen molar-refractivity contribution in [3.05, 3.63) is 35.9 Å². The fourth-order valence-electron chi connectivity index (χ4n) is 2.24. The molecular formula is C19H34O3Si. The lowest BCUT2D eigenvalue weighted by molar-refractivity contribution is 0.0554. The molecule has 132 valence electrons. The van der Waals surface area contributed by atoms with Crippen LogP contribution in [-0.2, 0) is 19.3 Å². The molecule has 0 saturated carbocycles. The van der Waals surface area contributed by atoms with Crippen LogP contribution in [0.4, 0.5) is 0 Å². The van der Waals surface area contributed by atoms with Gasteiger partial charge in [-0.05, 0) is 24.8 Å². The molecule has 0 spiro atoms. The highest BCUT2D eigenvalue weighted by Crippen LogP contribution is 2.19. The highest BCUT2D eigenvalue weighted by Gasteiger charge is 2.41. The van der Waals surface area contributed by atoms with Crippen LogP contribution >= 0.6 is 0 Å². The summed E-state index contributed by atoms with van der Waals surface area (Å²) in [4.78, 5) is 0. The lowest BCUT2D eigenvalue weighted by Gasteiger charge is -2.30. The van der Waals surface area contributed by atoms with Crippen LogP contribution in [0, 0.1) is 0 Å². The van der Waals surface area contributed by atoms with E-state index in [1.807, 2.05) is 6.07 Å². The summed E-state index contributed by atoms with van der Waals surface area (Å²) in [5.74, 6) is 0. The molecule has 0 N–H and O–H groups in total. The Morgan fingerprint density at radius 1 is 0.696 bits per heavy atom. The average Bonchev–Trinajstić information content (AvgIpc) is 2.56. The van der Waals surface area contributed by atoms with Crippen molar-refractivity contribution in [2.45, 2.75) is 65.3 Å². The van der Waals surface area contributed by atoms with Gasteiger partial charge < -0.3 is 13.3 Å². The lowest BCUT2D eigenvalue weighted by Crippen LogP contribution is -2.49. The molecule has 0 bridgehead atoms. The summed E-state index contributed by atoms with van der Waals surface area (Å²) in [6, 6.07) is 11.2. The predicted molar refractivity (Wildman–Crippen MR) is 98.5 cm³/mol. The molecule has 0 amide bonds. The fraction of sp³-hybridized carbons (Fsp3) is 0.684. The van der Waals surface area contributed by atoms with Gasteiger partial charge in [-0.25, -0.2) is 0 Å². The van der Waals surface area contributed by atoms with Crippen LogP contribution in [-0.4, -0.2) is 28.6 Å². The maximum atomic E-state index is 6.26. The molecule has 1 aromatic carbocycles. The molecule has 4 heteroatoms.